The highest BCUT2D eigenvalue weighted by Crippen LogP contribution is 2.19. The van der Waals surface area contributed by atoms with Crippen LogP contribution in [-0.2, 0) is 9.84 Å². The third-order valence-electron chi connectivity index (χ3n) is 3.13. The number of hydrogen-bond donors (Lipinski definition) is 0. The van der Waals surface area contributed by atoms with Gasteiger partial charge in [-0.05, 0) is 30.7 Å². The molecule has 1 heterocycles. The molecular formula is C12H14ClNO3S. The Bertz CT molecular complexity index is 553. The average Bonchev–Trinajstić information content (AvgIpc) is 2.78. The van der Waals surface area contributed by atoms with Gasteiger partial charge in [0.05, 0.1) is 5.25 Å². The van der Waals surface area contributed by atoms with Crippen LogP contribution >= 0.6 is 11.6 Å². The van der Waals surface area contributed by atoms with Crippen molar-refractivity contribution < 1.29 is 13.2 Å². The molecule has 4 nitrogen and oxygen atoms in total. The summed E-state index contributed by atoms with van der Waals surface area (Å²) in [5.41, 5.74) is 0.536. The second kappa shape index (κ2) is 4.90. The number of amides is 1. The monoisotopic (exact) mass is 287 g/mol. The fourth-order valence-corrected chi connectivity index (χ4v) is 3.15. The molecule has 1 atom stereocenters. The van der Waals surface area contributed by atoms with Crippen molar-refractivity contribution >= 4 is 27.3 Å². The maximum absolute atomic E-state index is 12.1. The lowest BCUT2D eigenvalue weighted by Crippen LogP contribution is -2.31. The zero-order valence-electron chi connectivity index (χ0n) is 9.97. The van der Waals surface area contributed by atoms with E-state index < -0.39 is 15.1 Å². The Morgan fingerprint density at radius 2 is 1.94 bits per heavy atom. The third-order valence-corrected chi connectivity index (χ3v) is 4.98. The van der Waals surface area contributed by atoms with Crippen molar-refractivity contribution in [2.24, 2.45) is 0 Å². The van der Waals surface area contributed by atoms with Crippen molar-refractivity contribution in [2.45, 2.75) is 11.7 Å². The lowest BCUT2D eigenvalue weighted by atomic mass is 10.2. The molecule has 0 spiro atoms. The van der Waals surface area contributed by atoms with Crippen LogP contribution in [-0.4, -0.2) is 43.8 Å². The van der Waals surface area contributed by atoms with Crippen LogP contribution in [0.4, 0.5) is 0 Å². The zero-order chi connectivity index (χ0) is 13.3. The average molecular weight is 288 g/mol. The lowest BCUT2D eigenvalue weighted by Gasteiger charge is -2.16. The SMILES string of the molecule is CS(=O)(=O)C1CCN(C(=O)c2ccc(Cl)cc2)C1. The van der Waals surface area contributed by atoms with Gasteiger partial charge in [-0.15, -0.1) is 0 Å². The van der Waals surface area contributed by atoms with Gasteiger partial charge in [-0.25, -0.2) is 8.42 Å². The molecule has 1 fully saturated rings. The Labute approximate surface area is 111 Å². The quantitative estimate of drug-likeness (QED) is 0.830. The highest BCUT2D eigenvalue weighted by molar-refractivity contribution is 7.91. The molecule has 2 rings (SSSR count). The minimum atomic E-state index is -3.07. The summed E-state index contributed by atoms with van der Waals surface area (Å²) >= 11 is 5.75. The molecule has 1 unspecified atom stereocenters. The van der Waals surface area contributed by atoms with Crippen LogP contribution in [0.2, 0.25) is 5.02 Å². The van der Waals surface area contributed by atoms with E-state index in [1.165, 1.54) is 6.26 Å². The molecule has 1 aliphatic rings. The molecule has 1 saturated heterocycles. The normalized spacial score (nSPS) is 20.1. The number of rotatable bonds is 2. The van der Waals surface area contributed by atoms with Crippen LogP contribution in [0, 0.1) is 0 Å². The molecule has 0 N–H and O–H groups in total. The van der Waals surface area contributed by atoms with Crippen molar-refractivity contribution in [3.63, 3.8) is 0 Å². The Kier molecular flexibility index (Phi) is 3.64. The van der Waals surface area contributed by atoms with Crippen LogP contribution < -0.4 is 0 Å². The molecule has 0 radical (unpaired) electrons. The largest absolute Gasteiger partial charge is 0.337 e. The minimum absolute atomic E-state index is 0.141. The van der Waals surface area contributed by atoms with Gasteiger partial charge < -0.3 is 4.90 Å². The Balaban J connectivity index is 2.10. The third kappa shape index (κ3) is 2.84. The number of likely N-dealkylation sites (tertiary alicyclic amines) is 1. The van der Waals surface area contributed by atoms with Crippen molar-refractivity contribution in [2.75, 3.05) is 19.3 Å². The number of sulfone groups is 1. The van der Waals surface area contributed by atoms with Crippen molar-refractivity contribution in [1.82, 2.24) is 4.90 Å². The second-order valence-electron chi connectivity index (χ2n) is 4.50. The van der Waals surface area contributed by atoms with Crippen molar-refractivity contribution in [3.8, 4) is 0 Å². The van der Waals surface area contributed by atoms with Crippen molar-refractivity contribution in [3.05, 3.63) is 34.9 Å². The maximum atomic E-state index is 12.1. The number of carbonyl (C=O) groups excluding carboxylic acids is 1. The van der Waals surface area contributed by atoms with Crippen LogP contribution in [0.5, 0.6) is 0 Å². The molecule has 1 amide bonds. The topological polar surface area (TPSA) is 54.5 Å². The molecule has 98 valence electrons. The van der Waals surface area contributed by atoms with Gasteiger partial charge in [0.2, 0.25) is 0 Å². The summed E-state index contributed by atoms with van der Waals surface area (Å²) in [4.78, 5) is 13.7. The summed E-state index contributed by atoms with van der Waals surface area (Å²) in [5, 5.41) is 0.135. The highest BCUT2D eigenvalue weighted by atomic mass is 35.5. The Hall–Kier alpha value is -1.07. The summed E-state index contributed by atoms with van der Waals surface area (Å²) in [6, 6.07) is 6.61. The molecule has 1 aromatic rings. The summed E-state index contributed by atoms with van der Waals surface area (Å²) in [6.07, 6.45) is 1.73. The van der Waals surface area contributed by atoms with E-state index in [-0.39, 0.29) is 12.5 Å². The molecule has 6 heteroatoms. The van der Waals surface area contributed by atoms with Gasteiger partial charge in [0.25, 0.3) is 5.91 Å². The van der Waals surface area contributed by atoms with Gasteiger partial charge in [0.1, 0.15) is 0 Å². The van der Waals surface area contributed by atoms with E-state index in [0.29, 0.717) is 23.6 Å². The van der Waals surface area contributed by atoms with Gasteiger partial charge in [0, 0.05) is 29.9 Å². The first-order valence-corrected chi connectivity index (χ1v) is 7.95. The van der Waals surface area contributed by atoms with Crippen molar-refractivity contribution in [1.29, 1.82) is 0 Å². The molecule has 0 saturated carbocycles. The molecule has 0 aromatic heterocycles. The molecule has 0 bridgehead atoms. The van der Waals surface area contributed by atoms with Crippen LogP contribution in [0.25, 0.3) is 0 Å². The second-order valence-corrected chi connectivity index (χ2v) is 7.26. The lowest BCUT2D eigenvalue weighted by molar-refractivity contribution is 0.0793. The van der Waals surface area contributed by atoms with Gasteiger partial charge in [-0.3, -0.25) is 4.79 Å². The zero-order valence-corrected chi connectivity index (χ0v) is 11.5. The highest BCUT2D eigenvalue weighted by Gasteiger charge is 2.32. The van der Waals surface area contributed by atoms with E-state index in [0.717, 1.165) is 0 Å². The molecule has 1 aromatic carbocycles. The molecular weight excluding hydrogens is 274 g/mol. The fraction of sp³-hybridized carbons (Fsp3) is 0.417. The minimum Gasteiger partial charge on any atom is -0.337 e. The van der Waals surface area contributed by atoms with Gasteiger partial charge in [-0.1, -0.05) is 11.6 Å². The predicted molar refractivity (Wildman–Crippen MR) is 70.6 cm³/mol. The summed E-state index contributed by atoms with van der Waals surface area (Å²) in [6.45, 7) is 0.763. The maximum Gasteiger partial charge on any atom is 0.253 e. The molecule has 1 aliphatic heterocycles. The number of benzene rings is 1. The number of halogens is 1. The first kappa shape index (κ1) is 13.4. The standard InChI is InChI=1S/C12H14ClNO3S/c1-18(16,17)11-6-7-14(8-11)12(15)9-2-4-10(13)5-3-9/h2-5,11H,6-8H2,1H3. The van der Waals surface area contributed by atoms with Crippen LogP contribution in [0.15, 0.2) is 24.3 Å². The predicted octanol–water partition coefficient (Wildman–Crippen LogP) is 1.60. The van der Waals surface area contributed by atoms with E-state index in [9.17, 15) is 13.2 Å². The van der Waals surface area contributed by atoms with Crippen LogP contribution in [0.3, 0.4) is 0 Å². The summed E-state index contributed by atoms with van der Waals surface area (Å²) in [7, 11) is -3.07. The number of carbonyl (C=O) groups is 1. The van der Waals surface area contributed by atoms with E-state index in [4.69, 9.17) is 11.6 Å². The van der Waals surface area contributed by atoms with E-state index >= 15 is 0 Å². The van der Waals surface area contributed by atoms with Gasteiger partial charge >= 0.3 is 0 Å². The summed E-state index contributed by atoms with van der Waals surface area (Å²) < 4.78 is 22.9. The Morgan fingerprint density at radius 1 is 1.33 bits per heavy atom. The molecule has 18 heavy (non-hydrogen) atoms. The van der Waals surface area contributed by atoms with E-state index in [1.807, 2.05) is 0 Å². The van der Waals surface area contributed by atoms with Crippen LogP contribution in [0.1, 0.15) is 16.8 Å². The number of nitrogens with zero attached hydrogens (tertiary/aromatic N) is 1. The van der Waals surface area contributed by atoms with E-state index in [1.54, 1.807) is 29.2 Å². The fourth-order valence-electron chi connectivity index (χ4n) is 2.04. The Morgan fingerprint density at radius 3 is 2.44 bits per heavy atom. The molecule has 0 aliphatic carbocycles. The summed E-state index contributed by atoms with van der Waals surface area (Å²) in [5.74, 6) is -0.141. The number of hydrogen-bond acceptors (Lipinski definition) is 3. The van der Waals surface area contributed by atoms with E-state index in [2.05, 4.69) is 0 Å². The first-order valence-electron chi connectivity index (χ1n) is 5.61. The van der Waals surface area contributed by atoms with Gasteiger partial charge in [-0.2, -0.15) is 0 Å². The van der Waals surface area contributed by atoms with Gasteiger partial charge in [0.15, 0.2) is 9.84 Å². The smallest absolute Gasteiger partial charge is 0.253 e. The first-order chi connectivity index (χ1) is 8.38.